The van der Waals surface area contributed by atoms with Gasteiger partial charge in [-0.3, -0.25) is 0 Å². The second kappa shape index (κ2) is 7.46. The Morgan fingerprint density at radius 1 is 1.30 bits per heavy atom. The Bertz CT molecular complexity index is 418. The third-order valence-electron chi connectivity index (χ3n) is 4.19. The number of hydrogen-bond acceptors (Lipinski definition) is 2. The minimum atomic E-state index is -0.0429. The van der Waals surface area contributed by atoms with E-state index in [1.165, 1.54) is 24.3 Å². The van der Waals surface area contributed by atoms with Gasteiger partial charge in [-0.25, -0.2) is 4.39 Å². The summed E-state index contributed by atoms with van der Waals surface area (Å²) in [5, 5.41) is 3.50. The third kappa shape index (κ3) is 3.98. The molecule has 1 aliphatic heterocycles. The molecular formula is C17H26FNS. The minimum Gasteiger partial charge on any atom is -0.310 e. The molecule has 0 aromatic heterocycles. The van der Waals surface area contributed by atoms with E-state index in [0.29, 0.717) is 0 Å². The standard InChI is InChI=1S/C17H26FNS/c1-4-19-16(11-14-5-7-20-8-6-14)17-13(3)9-12(2)10-15(17)18/h9-10,14,16,19H,4-8,11H2,1-3H3. The average Bonchev–Trinajstić information content (AvgIpc) is 2.39. The molecule has 112 valence electrons. The fourth-order valence-corrected chi connectivity index (χ4v) is 4.44. The van der Waals surface area contributed by atoms with E-state index in [2.05, 4.69) is 18.3 Å². The molecule has 1 heterocycles. The lowest BCUT2D eigenvalue weighted by Crippen LogP contribution is -2.26. The number of nitrogens with one attached hydrogen (secondary N) is 1. The van der Waals surface area contributed by atoms with Crippen molar-refractivity contribution in [2.75, 3.05) is 18.1 Å². The molecule has 1 fully saturated rings. The molecule has 1 aromatic carbocycles. The second-order valence-corrected chi connectivity index (χ2v) is 7.10. The van der Waals surface area contributed by atoms with Gasteiger partial charge in [-0.2, -0.15) is 11.8 Å². The van der Waals surface area contributed by atoms with Crippen LogP contribution in [-0.2, 0) is 0 Å². The molecule has 0 radical (unpaired) electrons. The Kier molecular flexibility index (Phi) is 5.91. The summed E-state index contributed by atoms with van der Waals surface area (Å²) in [6, 6.07) is 3.93. The van der Waals surface area contributed by atoms with E-state index in [4.69, 9.17) is 0 Å². The first-order chi connectivity index (χ1) is 9.61. The van der Waals surface area contributed by atoms with Gasteiger partial charge in [0.1, 0.15) is 5.82 Å². The van der Waals surface area contributed by atoms with Crippen LogP contribution in [0.4, 0.5) is 4.39 Å². The van der Waals surface area contributed by atoms with Gasteiger partial charge in [0.2, 0.25) is 0 Å². The maximum Gasteiger partial charge on any atom is 0.128 e. The van der Waals surface area contributed by atoms with Gasteiger partial charge < -0.3 is 5.32 Å². The smallest absolute Gasteiger partial charge is 0.128 e. The molecule has 1 aliphatic rings. The molecule has 0 amide bonds. The van der Waals surface area contributed by atoms with Gasteiger partial charge in [0, 0.05) is 11.6 Å². The summed E-state index contributed by atoms with van der Waals surface area (Å²) >= 11 is 2.05. The van der Waals surface area contributed by atoms with Crippen molar-refractivity contribution in [2.45, 2.75) is 46.1 Å². The Balaban J connectivity index is 2.19. The summed E-state index contributed by atoms with van der Waals surface area (Å²) in [6.45, 7) is 6.98. The first-order valence-electron chi connectivity index (χ1n) is 7.69. The molecular weight excluding hydrogens is 269 g/mol. The zero-order chi connectivity index (χ0) is 14.5. The van der Waals surface area contributed by atoms with Gasteiger partial charge in [-0.15, -0.1) is 0 Å². The van der Waals surface area contributed by atoms with E-state index in [1.807, 2.05) is 25.6 Å². The highest BCUT2D eigenvalue weighted by Crippen LogP contribution is 2.33. The van der Waals surface area contributed by atoms with Crippen LogP contribution in [0.1, 0.15) is 48.9 Å². The highest BCUT2D eigenvalue weighted by molar-refractivity contribution is 7.99. The topological polar surface area (TPSA) is 12.0 Å². The lowest BCUT2D eigenvalue weighted by atomic mass is 9.88. The normalized spacial score (nSPS) is 18.2. The molecule has 0 bridgehead atoms. The molecule has 3 heteroatoms. The summed E-state index contributed by atoms with van der Waals surface area (Å²) in [4.78, 5) is 0. The Hall–Kier alpha value is -0.540. The lowest BCUT2D eigenvalue weighted by molar-refractivity contribution is 0.366. The SMILES string of the molecule is CCNC(CC1CCSCC1)c1c(C)cc(C)cc1F. The van der Waals surface area contributed by atoms with Crippen LogP contribution in [0.15, 0.2) is 12.1 Å². The van der Waals surface area contributed by atoms with Crippen LogP contribution >= 0.6 is 11.8 Å². The Labute approximate surface area is 126 Å². The van der Waals surface area contributed by atoms with Gasteiger partial charge in [0.15, 0.2) is 0 Å². The molecule has 1 N–H and O–H groups in total. The van der Waals surface area contributed by atoms with Crippen molar-refractivity contribution in [1.82, 2.24) is 5.32 Å². The van der Waals surface area contributed by atoms with Crippen LogP contribution < -0.4 is 5.32 Å². The summed E-state index contributed by atoms with van der Waals surface area (Å²) < 4.78 is 14.4. The maximum absolute atomic E-state index is 14.4. The van der Waals surface area contributed by atoms with Crippen LogP contribution in [-0.4, -0.2) is 18.1 Å². The number of benzene rings is 1. The minimum absolute atomic E-state index is 0.0429. The van der Waals surface area contributed by atoms with Crippen molar-refractivity contribution >= 4 is 11.8 Å². The van der Waals surface area contributed by atoms with E-state index in [1.54, 1.807) is 6.07 Å². The van der Waals surface area contributed by atoms with Crippen LogP contribution in [0.5, 0.6) is 0 Å². The summed E-state index contributed by atoms with van der Waals surface area (Å²) in [6.07, 6.45) is 3.62. The summed E-state index contributed by atoms with van der Waals surface area (Å²) in [5.41, 5.74) is 2.97. The second-order valence-electron chi connectivity index (χ2n) is 5.88. The highest BCUT2D eigenvalue weighted by Gasteiger charge is 2.23. The Morgan fingerprint density at radius 3 is 2.60 bits per heavy atom. The number of thioether (sulfide) groups is 1. The predicted octanol–water partition coefficient (Wildman–Crippen LogP) is 4.63. The number of halogens is 1. The van der Waals surface area contributed by atoms with Crippen molar-refractivity contribution < 1.29 is 4.39 Å². The largest absolute Gasteiger partial charge is 0.310 e. The summed E-state index contributed by atoms with van der Waals surface area (Å²) in [5.74, 6) is 3.22. The van der Waals surface area contributed by atoms with Crippen LogP contribution in [0, 0.1) is 25.6 Å². The summed E-state index contributed by atoms with van der Waals surface area (Å²) in [7, 11) is 0. The van der Waals surface area contributed by atoms with Crippen molar-refractivity contribution in [3.8, 4) is 0 Å². The van der Waals surface area contributed by atoms with Crippen molar-refractivity contribution in [3.63, 3.8) is 0 Å². The molecule has 1 saturated heterocycles. The zero-order valence-corrected chi connectivity index (χ0v) is 13.7. The first-order valence-corrected chi connectivity index (χ1v) is 8.85. The molecule has 1 atom stereocenters. The van der Waals surface area contributed by atoms with Gasteiger partial charge in [0.25, 0.3) is 0 Å². The molecule has 1 nitrogen and oxygen atoms in total. The molecule has 0 spiro atoms. The number of rotatable bonds is 5. The molecule has 0 aliphatic carbocycles. The molecule has 2 rings (SSSR count). The molecule has 20 heavy (non-hydrogen) atoms. The van der Waals surface area contributed by atoms with Crippen molar-refractivity contribution in [1.29, 1.82) is 0 Å². The zero-order valence-electron chi connectivity index (χ0n) is 12.8. The van der Waals surface area contributed by atoms with E-state index < -0.39 is 0 Å². The van der Waals surface area contributed by atoms with Crippen LogP contribution in [0.25, 0.3) is 0 Å². The molecule has 1 aromatic rings. The van der Waals surface area contributed by atoms with Crippen LogP contribution in [0.2, 0.25) is 0 Å². The maximum atomic E-state index is 14.4. The predicted molar refractivity (Wildman–Crippen MR) is 87.0 cm³/mol. The van der Waals surface area contributed by atoms with Gasteiger partial charge in [-0.05, 0) is 74.3 Å². The van der Waals surface area contributed by atoms with Crippen molar-refractivity contribution in [2.24, 2.45) is 5.92 Å². The van der Waals surface area contributed by atoms with E-state index >= 15 is 0 Å². The lowest BCUT2D eigenvalue weighted by Gasteiger charge is -2.28. The number of aryl methyl sites for hydroxylation is 2. The van der Waals surface area contributed by atoms with E-state index in [-0.39, 0.29) is 11.9 Å². The van der Waals surface area contributed by atoms with Gasteiger partial charge >= 0.3 is 0 Å². The third-order valence-corrected chi connectivity index (χ3v) is 5.24. The van der Waals surface area contributed by atoms with Crippen LogP contribution in [0.3, 0.4) is 0 Å². The highest BCUT2D eigenvalue weighted by atomic mass is 32.2. The fraction of sp³-hybridized carbons (Fsp3) is 0.647. The van der Waals surface area contributed by atoms with E-state index in [9.17, 15) is 4.39 Å². The molecule has 0 saturated carbocycles. The first kappa shape index (κ1) is 15.8. The monoisotopic (exact) mass is 295 g/mol. The van der Waals surface area contributed by atoms with Gasteiger partial charge in [-0.1, -0.05) is 13.0 Å². The van der Waals surface area contributed by atoms with Crippen molar-refractivity contribution in [3.05, 3.63) is 34.6 Å². The number of hydrogen-bond donors (Lipinski definition) is 1. The van der Waals surface area contributed by atoms with Gasteiger partial charge in [0.05, 0.1) is 0 Å². The quantitative estimate of drug-likeness (QED) is 0.850. The molecule has 1 unspecified atom stereocenters. The Morgan fingerprint density at radius 2 is 2.00 bits per heavy atom. The average molecular weight is 295 g/mol. The van der Waals surface area contributed by atoms with E-state index in [0.717, 1.165) is 35.6 Å². The fourth-order valence-electron chi connectivity index (χ4n) is 3.23.